The van der Waals surface area contributed by atoms with E-state index in [0.717, 1.165) is 6.42 Å². The number of ether oxygens (including phenoxy) is 2. The van der Waals surface area contributed by atoms with Crippen LogP contribution in [-0.4, -0.2) is 54.3 Å². The summed E-state index contributed by atoms with van der Waals surface area (Å²) in [6.07, 6.45) is 0.865. The van der Waals surface area contributed by atoms with Gasteiger partial charge in [-0.15, -0.1) is 0 Å². The molecule has 0 aliphatic carbocycles. The molecule has 20 heavy (non-hydrogen) atoms. The van der Waals surface area contributed by atoms with E-state index in [9.17, 15) is 4.79 Å². The number of amides is 1. The standard InChI is InChI=1S/C11H20N6O3/c1-3-5-20-11-16-9(13-2)15-10(17-11)14-4-6-19-7-8(12)18/h3-7H2,1-2H3,(H2,12,18)(H2,13,14,15,16,17). The van der Waals surface area contributed by atoms with Gasteiger partial charge in [0.25, 0.3) is 0 Å². The average molecular weight is 284 g/mol. The van der Waals surface area contributed by atoms with Gasteiger partial charge in [0.05, 0.1) is 13.2 Å². The Morgan fingerprint density at radius 3 is 2.65 bits per heavy atom. The van der Waals surface area contributed by atoms with E-state index in [-0.39, 0.29) is 12.6 Å². The van der Waals surface area contributed by atoms with Gasteiger partial charge in [-0.3, -0.25) is 4.79 Å². The van der Waals surface area contributed by atoms with Crippen molar-refractivity contribution < 1.29 is 14.3 Å². The van der Waals surface area contributed by atoms with E-state index in [2.05, 4.69) is 25.6 Å². The van der Waals surface area contributed by atoms with Gasteiger partial charge in [0.1, 0.15) is 6.61 Å². The number of rotatable bonds is 10. The van der Waals surface area contributed by atoms with Gasteiger partial charge in [0.2, 0.25) is 17.8 Å². The second-order valence-corrected chi connectivity index (χ2v) is 3.81. The summed E-state index contributed by atoms with van der Waals surface area (Å²) in [6.45, 7) is 3.18. The van der Waals surface area contributed by atoms with E-state index in [1.807, 2.05) is 6.92 Å². The molecule has 1 amide bonds. The number of hydrogen-bond acceptors (Lipinski definition) is 8. The predicted molar refractivity (Wildman–Crippen MR) is 73.7 cm³/mol. The first kappa shape index (κ1) is 15.9. The van der Waals surface area contributed by atoms with Gasteiger partial charge < -0.3 is 25.8 Å². The number of nitrogens with two attached hydrogens (primary N) is 1. The lowest BCUT2D eigenvalue weighted by atomic mass is 10.5. The molecule has 1 aromatic heterocycles. The molecule has 0 atom stereocenters. The Kier molecular flexibility index (Phi) is 7.04. The van der Waals surface area contributed by atoms with E-state index >= 15 is 0 Å². The number of hydrogen-bond donors (Lipinski definition) is 3. The van der Waals surface area contributed by atoms with E-state index in [1.54, 1.807) is 7.05 Å². The Morgan fingerprint density at radius 2 is 2.00 bits per heavy atom. The van der Waals surface area contributed by atoms with E-state index in [4.69, 9.17) is 15.2 Å². The lowest BCUT2D eigenvalue weighted by molar-refractivity contribution is -0.122. The third kappa shape index (κ3) is 6.14. The van der Waals surface area contributed by atoms with Crippen molar-refractivity contribution in [1.82, 2.24) is 15.0 Å². The van der Waals surface area contributed by atoms with Crippen molar-refractivity contribution in [2.24, 2.45) is 5.73 Å². The number of anilines is 2. The molecule has 0 saturated heterocycles. The van der Waals surface area contributed by atoms with Crippen molar-refractivity contribution >= 4 is 17.8 Å². The molecule has 0 aromatic carbocycles. The number of carbonyl (C=O) groups is 1. The van der Waals surface area contributed by atoms with Gasteiger partial charge in [-0.2, -0.15) is 15.0 Å². The lowest BCUT2D eigenvalue weighted by Gasteiger charge is -2.09. The quantitative estimate of drug-likeness (QED) is 0.496. The van der Waals surface area contributed by atoms with E-state index in [1.165, 1.54) is 0 Å². The van der Waals surface area contributed by atoms with Gasteiger partial charge in [-0.05, 0) is 6.42 Å². The van der Waals surface area contributed by atoms with Gasteiger partial charge >= 0.3 is 6.01 Å². The first-order valence-corrected chi connectivity index (χ1v) is 6.32. The summed E-state index contributed by atoms with van der Waals surface area (Å²) in [6, 6.07) is 0.256. The third-order valence-corrected chi connectivity index (χ3v) is 2.05. The van der Waals surface area contributed by atoms with Crippen LogP contribution in [0.5, 0.6) is 6.01 Å². The van der Waals surface area contributed by atoms with Crippen LogP contribution >= 0.6 is 0 Å². The van der Waals surface area contributed by atoms with Crippen LogP contribution in [0.3, 0.4) is 0 Å². The highest BCUT2D eigenvalue weighted by atomic mass is 16.5. The highest BCUT2D eigenvalue weighted by Crippen LogP contribution is 2.10. The summed E-state index contributed by atoms with van der Waals surface area (Å²) in [7, 11) is 1.71. The summed E-state index contributed by atoms with van der Waals surface area (Å²) in [5.41, 5.74) is 4.95. The van der Waals surface area contributed by atoms with Crippen LogP contribution in [0.4, 0.5) is 11.9 Å². The maximum atomic E-state index is 10.5. The lowest BCUT2D eigenvalue weighted by Crippen LogP contribution is -2.21. The molecule has 0 spiro atoms. The Balaban J connectivity index is 2.48. The summed E-state index contributed by atoms with van der Waals surface area (Å²) < 4.78 is 10.4. The molecule has 0 bridgehead atoms. The minimum atomic E-state index is -0.502. The second-order valence-electron chi connectivity index (χ2n) is 3.81. The fourth-order valence-corrected chi connectivity index (χ4v) is 1.21. The van der Waals surface area contributed by atoms with Crippen molar-refractivity contribution in [2.45, 2.75) is 13.3 Å². The molecule has 0 radical (unpaired) electrons. The largest absolute Gasteiger partial charge is 0.463 e. The summed E-state index contributed by atoms with van der Waals surface area (Å²) in [5, 5.41) is 5.78. The van der Waals surface area contributed by atoms with E-state index in [0.29, 0.717) is 31.7 Å². The molecule has 0 aliphatic heterocycles. The molecule has 4 N–H and O–H groups in total. The fourth-order valence-electron chi connectivity index (χ4n) is 1.21. The molecule has 1 aromatic rings. The third-order valence-electron chi connectivity index (χ3n) is 2.05. The second kappa shape index (κ2) is 8.86. The van der Waals surface area contributed by atoms with Crippen LogP contribution in [0, 0.1) is 0 Å². The SMILES string of the molecule is CCCOc1nc(NC)nc(NCCOCC(N)=O)n1. The zero-order chi connectivity index (χ0) is 14.8. The number of aromatic nitrogens is 3. The number of nitrogens with one attached hydrogen (secondary N) is 2. The average Bonchev–Trinajstić information content (AvgIpc) is 2.44. The molecule has 0 fully saturated rings. The molecule has 112 valence electrons. The highest BCUT2D eigenvalue weighted by Gasteiger charge is 2.06. The van der Waals surface area contributed by atoms with Crippen LogP contribution in [-0.2, 0) is 9.53 Å². The molecule has 0 unspecified atom stereocenters. The van der Waals surface area contributed by atoms with Crippen LogP contribution < -0.4 is 21.1 Å². The zero-order valence-electron chi connectivity index (χ0n) is 11.7. The van der Waals surface area contributed by atoms with Crippen LogP contribution in [0.2, 0.25) is 0 Å². The predicted octanol–water partition coefficient (Wildman–Crippen LogP) is -0.384. The zero-order valence-corrected chi connectivity index (χ0v) is 11.7. The van der Waals surface area contributed by atoms with Gasteiger partial charge in [-0.1, -0.05) is 6.92 Å². The molecule has 1 rings (SSSR count). The molecule has 0 aliphatic rings. The van der Waals surface area contributed by atoms with Crippen molar-refractivity contribution in [3.05, 3.63) is 0 Å². The van der Waals surface area contributed by atoms with Crippen molar-refractivity contribution in [3.63, 3.8) is 0 Å². The maximum Gasteiger partial charge on any atom is 0.323 e. The summed E-state index contributed by atoms with van der Waals surface area (Å²) in [5.74, 6) is 0.280. The molecule has 9 nitrogen and oxygen atoms in total. The monoisotopic (exact) mass is 284 g/mol. The van der Waals surface area contributed by atoms with Crippen LogP contribution in [0.15, 0.2) is 0 Å². The van der Waals surface area contributed by atoms with Crippen LogP contribution in [0.25, 0.3) is 0 Å². The summed E-state index contributed by atoms with van der Waals surface area (Å²) in [4.78, 5) is 22.8. The van der Waals surface area contributed by atoms with Crippen molar-refractivity contribution in [2.75, 3.05) is 44.0 Å². The Hall–Kier alpha value is -2.16. The van der Waals surface area contributed by atoms with E-state index < -0.39 is 5.91 Å². The Labute approximate surface area is 117 Å². The Morgan fingerprint density at radius 1 is 1.25 bits per heavy atom. The maximum absolute atomic E-state index is 10.5. The van der Waals surface area contributed by atoms with Gasteiger partial charge in [0, 0.05) is 13.6 Å². The number of nitrogens with zero attached hydrogens (tertiary/aromatic N) is 3. The van der Waals surface area contributed by atoms with Crippen molar-refractivity contribution in [3.8, 4) is 6.01 Å². The molecule has 0 saturated carbocycles. The van der Waals surface area contributed by atoms with Gasteiger partial charge in [-0.25, -0.2) is 0 Å². The smallest absolute Gasteiger partial charge is 0.323 e. The Bertz CT molecular complexity index is 429. The molecule has 1 heterocycles. The topological polar surface area (TPSA) is 124 Å². The number of primary amides is 1. The normalized spacial score (nSPS) is 10.1. The number of carbonyl (C=O) groups excluding carboxylic acids is 1. The minimum absolute atomic E-state index is 0.106. The van der Waals surface area contributed by atoms with Gasteiger partial charge in [0.15, 0.2) is 0 Å². The summed E-state index contributed by atoms with van der Waals surface area (Å²) >= 11 is 0. The molecule has 9 heteroatoms. The first-order chi connectivity index (χ1) is 9.65. The molecular formula is C11H20N6O3. The fraction of sp³-hybridized carbons (Fsp3) is 0.636. The van der Waals surface area contributed by atoms with Crippen LogP contribution in [0.1, 0.15) is 13.3 Å². The highest BCUT2D eigenvalue weighted by molar-refractivity contribution is 5.74. The van der Waals surface area contributed by atoms with Crippen molar-refractivity contribution in [1.29, 1.82) is 0 Å². The first-order valence-electron chi connectivity index (χ1n) is 6.32. The minimum Gasteiger partial charge on any atom is -0.463 e. The molecular weight excluding hydrogens is 264 g/mol.